The van der Waals surface area contributed by atoms with Crippen LogP contribution in [-0.4, -0.2) is 20.7 Å². The molecule has 0 aliphatic carbocycles. The van der Waals surface area contributed by atoms with Crippen LogP contribution >= 0.6 is 0 Å². The molecule has 0 N–H and O–H groups in total. The highest BCUT2D eigenvalue weighted by Crippen LogP contribution is 2.06. The minimum atomic E-state index is -1.53. The summed E-state index contributed by atoms with van der Waals surface area (Å²) < 4.78 is 4.95. The summed E-state index contributed by atoms with van der Waals surface area (Å²) in [4.78, 5) is 11.4. The van der Waals surface area contributed by atoms with E-state index < -0.39 is 8.07 Å². The van der Waals surface area contributed by atoms with Crippen LogP contribution in [-0.2, 0) is 9.53 Å². The van der Waals surface area contributed by atoms with Gasteiger partial charge in [-0.15, -0.1) is 5.73 Å². The van der Waals surface area contributed by atoms with Gasteiger partial charge in [0.2, 0.25) is 0 Å². The van der Waals surface area contributed by atoms with E-state index in [1.807, 2.05) is 19.9 Å². The van der Waals surface area contributed by atoms with E-state index in [-0.39, 0.29) is 5.97 Å². The zero-order chi connectivity index (χ0) is 17.1. The van der Waals surface area contributed by atoms with E-state index in [1.165, 1.54) is 5.19 Å². The lowest BCUT2D eigenvalue weighted by molar-refractivity contribution is -0.138. The van der Waals surface area contributed by atoms with E-state index in [1.54, 1.807) is 0 Å². The summed E-state index contributed by atoms with van der Waals surface area (Å²) >= 11 is 0. The Morgan fingerprint density at radius 1 is 1.22 bits per heavy atom. The second-order valence-corrected chi connectivity index (χ2v) is 10.5. The van der Waals surface area contributed by atoms with Crippen LogP contribution in [0.1, 0.15) is 33.1 Å². The van der Waals surface area contributed by atoms with Crippen LogP contribution < -0.4 is 5.19 Å². The highest BCUT2D eigenvalue weighted by molar-refractivity contribution is 6.93. The average Bonchev–Trinajstić information content (AvgIpc) is 2.54. The lowest BCUT2D eigenvalue weighted by atomic mass is 10.2. The Kier molecular flexibility index (Phi) is 8.39. The van der Waals surface area contributed by atoms with Crippen LogP contribution in [0.3, 0.4) is 0 Å². The van der Waals surface area contributed by atoms with Crippen molar-refractivity contribution in [1.29, 1.82) is 0 Å². The molecule has 23 heavy (non-hydrogen) atoms. The highest BCUT2D eigenvalue weighted by atomic mass is 28.3. The van der Waals surface area contributed by atoms with Crippen LogP contribution in [0.5, 0.6) is 0 Å². The van der Waals surface area contributed by atoms with Crippen molar-refractivity contribution in [1.82, 2.24) is 0 Å². The van der Waals surface area contributed by atoms with Crippen molar-refractivity contribution in [2.75, 3.05) is 6.61 Å². The lowest BCUT2D eigenvalue weighted by Gasteiger charge is -2.16. The molecule has 124 valence electrons. The van der Waals surface area contributed by atoms with Gasteiger partial charge < -0.3 is 4.74 Å². The molecule has 0 unspecified atom stereocenters. The number of carbonyl (C=O) groups excluding carboxylic acids is 1. The fourth-order valence-corrected chi connectivity index (χ4v) is 3.92. The zero-order valence-corrected chi connectivity index (χ0v) is 15.8. The molecule has 2 nitrogen and oxygen atoms in total. The number of carbonyl (C=O) groups is 1. The maximum Gasteiger partial charge on any atom is 0.333 e. The molecule has 0 saturated carbocycles. The smallest absolute Gasteiger partial charge is 0.333 e. The standard InChI is InChI=1S/C20H28O2Si/c1-5-22-20(21)18(2)14-10-7-6-8-13-17-23(3,4)19-15-11-9-12-16-19/h8-9,11-12,14-17H,5-7,10H2,1-4H3/b18-14+. The topological polar surface area (TPSA) is 26.3 Å². The SMILES string of the molecule is CCOC(=O)/C(C)=C/CCCC=C=C[Si](C)(C)c1ccccc1. The van der Waals surface area contributed by atoms with Gasteiger partial charge in [-0.2, -0.15) is 0 Å². The minimum absolute atomic E-state index is 0.210. The third kappa shape index (κ3) is 7.31. The van der Waals surface area contributed by atoms with Gasteiger partial charge in [-0.25, -0.2) is 4.79 Å². The van der Waals surface area contributed by atoms with E-state index in [4.69, 9.17) is 4.74 Å². The minimum Gasteiger partial charge on any atom is -0.463 e. The maximum atomic E-state index is 11.4. The molecule has 0 spiro atoms. The van der Waals surface area contributed by atoms with Gasteiger partial charge in [-0.1, -0.05) is 54.7 Å². The van der Waals surface area contributed by atoms with Gasteiger partial charge in [-0.3, -0.25) is 0 Å². The number of benzene rings is 1. The summed E-state index contributed by atoms with van der Waals surface area (Å²) in [7, 11) is -1.53. The molecule has 0 radical (unpaired) electrons. The summed E-state index contributed by atoms with van der Waals surface area (Å²) in [5.74, 6) is -0.210. The molecule has 0 saturated heterocycles. The first kappa shape index (κ1) is 19.2. The van der Waals surface area contributed by atoms with Crippen molar-refractivity contribution >= 4 is 19.2 Å². The highest BCUT2D eigenvalue weighted by Gasteiger charge is 2.18. The number of rotatable bonds is 8. The van der Waals surface area contributed by atoms with Crippen LogP contribution in [0.25, 0.3) is 0 Å². The van der Waals surface area contributed by atoms with Crippen molar-refractivity contribution in [2.45, 2.75) is 46.2 Å². The van der Waals surface area contributed by atoms with Gasteiger partial charge in [0.25, 0.3) is 0 Å². The van der Waals surface area contributed by atoms with Crippen LogP contribution in [0, 0.1) is 0 Å². The monoisotopic (exact) mass is 328 g/mol. The Morgan fingerprint density at radius 3 is 2.57 bits per heavy atom. The Labute approximate surface area is 141 Å². The molecule has 0 fully saturated rings. The summed E-state index contributed by atoms with van der Waals surface area (Å²) in [6, 6.07) is 10.7. The summed E-state index contributed by atoms with van der Waals surface area (Å²) in [6.07, 6.45) is 6.94. The first-order valence-corrected chi connectivity index (χ1v) is 11.4. The molecular formula is C20H28O2Si. The summed E-state index contributed by atoms with van der Waals surface area (Å²) in [6.45, 7) is 8.71. The van der Waals surface area contributed by atoms with E-state index >= 15 is 0 Å². The molecule has 0 atom stereocenters. The fraction of sp³-hybridized carbons (Fsp3) is 0.400. The van der Waals surface area contributed by atoms with Gasteiger partial charge in [0.15, 0.2) is 0 Å². The largest absolute Gasteiger partial charge is 0.463 e. The fourth-order valence-electron chi connectivity index (χ4n) is 2.17. The van der Waals surface area contributed by atoms with Crippen LogP contribution in [0.2, 0.25) is 13.1 Å². The Bertz CT molecular complexity index is 579. The lowest BCUT2D eigenvalue weighted by Crippen LogP contribution is -2.39. The van der Waals surface area contributed by atoms with Gasteiger partial charge in [0, 0.05) is 5.57 Å². The van der Waals surface area contributed by atoms with E-state index in [2.05, 4.69) is 60.9 Å². The van der Waals surface area contributed by atoms with Crippen LogP contribution in [0.15, 0.2) is 59.5 Å². The number of unbranched alkanes of at least 4 members (excludes halogenated alkanes) is 2. The van der Waals surface area contributed by atoms with E-state index in [9.17, 15) is 4.79 Å². The number of hydrogen-bond acceptors (Lipinski definition) is 2. The van der Waals surface area contributed by atoms with Gasteiger partial charge in [0.05, 0.1) is 6.61 Å². The Hall–Kier alpha value is -1.83. The van der Waals surface area contributed by atoms with Crippen molar-refractivity contribution in [2.24, 2.45) is 0 Å². The Morgan fingerprint density at radius 2 is 1.91 bits per heavy atom. The first-order valence-electron chi connectivity index (χ1n) is 8.29. The molecule has 1 aromatic rings. The maximum absolute atomic E-state index is 11.4. The third-order valence-corrected chi connectivity index (χ3v) is 6.39. The molecule has 0 aliphatic rings. The number of ether oxygens (including phenoxy) is 1. The average molecular weight is 329 g/mol. The Balaban J connectivity index is 2.42. The molecular weight excluding hydrogens is 300 g/mol. The number of esters is 1. The molecule has 3 heteroatoms. The zero-order valence-electron chi connectivity index (χ0n) is 14.8. The van der Waals surface area contributed by atoms with Gasteiger partial charge in [-0.05, 0) is 44.9 Å². The molecule has 0 aromatic heterocycles. The molecule has 0 heterocycles. The molecule has 0 bridgehead atoms. The number of hydrogen-bond donors (Lipinski definition) is 0. The summed E-state index contributed by atoms with van der Waals surface area (Å²) in [5.41, 5.74) is 6.30. The quantitative estimate of drug-likeness (QED) is 0.230. The van der Waals surface area contributed by atoms with E-state index in [0.29, 0.717) is 12.2 Å². The summed E-state index contributed by atoms with van der Waals surface area (Å²) in [5, 5.41) is 1.42. The van der Waals surface area contributed by atoms with Crippen molar-refractivity contribution < 1.29 is 9.53 Å². The number of allylic oxidation sites excluding steroid dienone is 2. The molecule has 1 aromatic carbocycles. The first-order chi connectivity index (χ1) is 11.0. The van der Waals surface area contributed by atoms with Crippen molar-refractivity contribution in [3.05, 3.63) is 59.5 Å². The molecule has 0 aliphatic heterocycles. The molecule has 0 amide bonds. The van der Waals surface area contributed by atoms with Crippen molar-refractivity contribution in [3.8, 4) is 0 Å². The normalized spacial score (nSPS) is 11.6. The van der Waals surface area contributed by atoms with Crippen molar-refractivity contribution in [3.63, 3.8) is 0 Å². The third-order valence-electron chi connectivity index (χ3n) is 3.68. The molecule has 1 rings (SSSR count). The van der Waals surface area contributed by atoms with Gasteiger partial charge in [0.1, 0.15) is 8.07 Å². The van der Waals surface area contributed by atoms with Crippen LogP contribution in [0.4, 0.5) is 0 Å². The second kappa shape index (κ2) is 10.0. The predicted octanol–water partition coefficient (Wildman–Crippen LogP) is 4.53. The van der Waals surface area contributed by atoms with Gasteiger partial charge >= 0.3 is 5.97 Å². The predicted molar refractivity (Wildman–Crippen MR) is 100 cm³/mol. The van der Waals surface area contributed by atoms with E-state index in [0.717, 1.165) is 19.3 Å². The second-order valence-electron chi connectivity index (χ2n) is 6.14.